The molecule has 0 aromatic heterocycles. The Labute approximate surface area is 125 Å². The van der Waals surface area contributed by atoms with Crippen LogP contribution in [-0.2, 0) is 9.59 Å². The normalized spacial score (nSPS) is 11.5. The predicted octanol–water partition coefficient (Wildman–Crippen LogP) is 2.67. The second-order valence-electron chi connectivity index (χ2n) is 4.06. The van der Waals surface area contributed by atoms with Gasteiger partial charge >= 0.3 is 5.97 Å². The molecule has 0 radical (unpaired) electrons. The Kier molecular flexibility index (Phi) is 6.24. The zero-order valence-electron chi connectivity index (χ0n) is 11.1. The topological polar surface area (TPSA) is 75.6 Å². The van der Waals surface area contributed by atoms with E-state index in [4.69, 9.17) is 4.74 Å². The fraction of sp³-hybridized carbons (Fsp3) is 0.286. The molecule has 1 amide bonds. The van der Waals surface area contributed by atoms with Crippen molar-refractivity contribution in [3.63, 3.8) is 0 Å². The van der Waals surface area contributed by atoms with Gasteiger partial charge in [0.25, 0.3) is 0 Å². The summed E-state index contributed by atoms with van der Waals surface area (Å²) < 4.78 is 5.71. The Balaban J connectivity index is 2.91. The van der Waals surface area contributed by atoms with E-state index in [-0.39, 0.29) is 12.3 Å². The monoisotopic (exact) mass is 341 g/mol. The molecule has 1 aromatic rings. The molecule has 1 rings (SSSR count). The van der Waals surface area contributed by atoms with Crippen molar-refractivity contribution in [2.75, 3.05) is 7.11 Å². The second-order valence-corrected chi connectivity index (χ2v) is 4.91. The summed E-state index contributed by atoms with van der Waals surface area (Å²) >= 11 is 3.29. The first-order chi connectivity index (χ1) is 9.49. The van der Waals surface area contributed by atoms with Crippen molar-refractivity contribution >= 4 is 27.8 Å². The minimum atomic E-state index is -1.12. The highest BCUT2D eigenvalue weighted by Gasteiger charge is 2.22. The Morgan fingerprint density at radius 2 is 2.25 bits per heavy atom. The molecule has 5 nitrogen and oxygen atoms in total. The number of hydrogen-bond acceptors (Lipinski definition) is 3. The third-order valence-electron chi connectivity index (χ3n) is 2.64. The second kappa shape index (κ2) is 7.69. The summed E-state index contributed by atoms with van der Waals surface area (Å²) in [6.45, 7) is 3.52. The van der Waals surface area contributed by atoms with Crippen molar-refractivity contribution in [1.29, 1.82) is 0 Å². The van der Waals surface area contributed by atoms with Gasteiger partial charge in [0.1, 0.15) is 5.75 Å². The van der Waals surface area contributed by atoms with Crippen LogP contribution in [0.5, 0.6) is 5.75 Å². The van der Waals surface area contributed by atoms with E-state index >= 15 is 0 Å². The van der Waals surface area contributed by atoms with Gasteiger partial charge in [-0.2, -0.15) is 0 Å². The number of carboxylic acid groups (broad SMARTS) is 1. The first-order valence-electron chi connectivity index (χ1n) is 5.96. The lowest BCUT2D eigenvalue weighted by atomic mass is 10.1. The fourth-order valence-corrected chi connectivity index (χ4v) is 2.17. The molecular weight excluding hydrogens is 326 g/mol. The first-order valence-corrected chi connectivity index (χ1v) is 6.75. The summed E-state index contributed by atoms with van der Waals surface area (Å²) in [4.78, 5) is 22.9. The van der Waals surface area contributed by atoms with Crippen LogP contribution in [0.4, 0.5) is 0 Å². The Hall–Kier alpha value is -1.82. The Morgan fingerprint density at radius 3 is 2.75 bits per heavy atom. The van der Waals surface area contributed by atoms with E-state index in [0.717, 1.165) is 0 Å². The van der Waals surface area contributed by atoms with Crippen molar-refractivity contribution in [2.24, 2.45) is 0 Å². The fourth-order valence-electron chi connectivity index (χ4n) is 1.62. The number of allylic oxidation sites excluding steroid dienone is 1. The van der Waals surface area contributed by atoms with Crippen molar-refractivity contribution in [3.05, 3.63) is 40.9 Å². The summed E-state index contributed by atoms with van der Waals surface area (Å²) in [5, 5.41) is 11.7. The predicted molar refractivity (Wildman–Crippen MR) is 78.6 cm³/mol. The van der Waals surface area contributed by atoms with Crippen molar-refractivity contribution in [1.82, 2.24) is 5.32 Å². The number of aliphatic carboxylic acids is 1. The smallest absolute Gasteiger partial charge is 0.330 e. The number of carbonyl (C=O) groups is 2. The Morgan fingerprint density at radius 1 is 1.55 bits per heavy atom. The lowest BCUT2D eigenvalue weighted by Gasteiger charge is -2.16. The van der Waals surface area contributed by atoms with Crippen LogP contribution >= 0.6 is 15.9 Å². The van der Waals surface area contributed by atoms with Gasteiger partial charge in [0.15, 0.2) is 6.04 Å². The Bertz CT molecular complexity index is 516. The molecule has 6 heteroatoms. The van der Waals surface area contributed by atoms with E-state index in [2.05, 4.69) is 27.8 Å². The third-order valence-corrected chi connectivity index (χ3v) is 3.26. The van der Waals surface area contributed by atoms with E-state index in [0.29, 0.717) is 22.2 Å². The van der Waals surface area contributed by atoms with Crippen LogP contribution in [-0.4, -0.2) is 24.1 Å². The summed E-state index contributed by atoms with van der Waals surface area (Å²) in [5.41, 5.74) is 0.470. The van der Waals surface area contributed by atoms with Crippen molar-refractivity contribution in [2.45, 2.75) is 18.9 Å². The molecule has 0 aliphatic rings. The highest BCUT2D eigenvalue weighted by atomic mass is 79.9. The number of halogens is 1. The van der Waals surface area contributed by atoms with Gasteiger partial charge in [0.05, 0.1) is 11.6 Å². The van der Waals surface area contributed by atoms with Gasteiger partial charge in [-0.3, -0.25) is 4.79 Å². The van der Waals surface area contributed by atoms with Crippen LogP contribution in [0, 0.1) is 0 Å². The van der Waals surface area contributed by atoms with Gasteiger partial charge in [-0.1, -0.05) is 12.1 Å². The first kappa shape index (κ1) is 16.2. The average molecular weight is 342 g/mol. The number of ether oxygens (including phenoxy) is 1. The molecule has 1 unspecified atom stereocenters. The minimum absolute atomic E-state index is 0.213. The number of carboxylic acids is 1. The van der Waals surface area contributed by atoms with Gasteiger partial charge in [-0.25, -0.2) is 4.79 Å². The quantitative estimate of drug-likeness (QED) is 0.747. The summed E-state index contributed by atoms with van der Waals surface area (Å²) in [5.74, 6) is -0.853. The molecule has 0 aliphatic heterocycles. The van der Waals surface area contributed by atoms with Crippen LogP contribution < -0.4 is 10.1 Å². The summed E-state index contributed by atoms with van der Waals surface area (Å²) in [6, 6.07) is 3.78. The lowest BCUT2D eigenvalue weighted by molar-refractivity contribution is -0.142. The molecule has 1 atom stereocenters. The third kappa shape index (κ3) is 4.38. The van der Waals surface area contributed by atoms with Crippen LogP contribution in [0.3, 0.4) is 0 Å². The van der Waals surface area contributed by atoms with Gasteiger partial charge in [0.2, 0.25) is 5.91 Å². The molecule has 0 saturated carbocycles. The number of rotatable bonds is 7. The SMILES string of the molecule is C=CCCC(=O)NC(C(=O)O)c1ccc(OC)c(Br)c1. The van der Waals surface area contributed by atoms with E-state index in [9.17, 15) is 14.7 Å². The van der Waals surface area contributed by atoms with Crippen LogP contribution in [0.1, 0.15) is 24.4 Å². The molecule has 2 N–H and O–H groups in total. The molecule has 0 aliphatic carbocycles. The molecule has 0 fully saturated rings. The number of benzene rings is 1. The maximum Gasteiger partial charge on any atom is 0.330 e. The van der Waals surface area contributed by atoms with Gasteiger partial charge < -0.3 is 15.2 Å². The molecule has 0 saturated heterocycles. The number of hydrogen-bond donors (Lipinski definition) is 2. The van der Waals surface area contributed by atoms with Crippen molar-refractivity contribution < 1.29 is 19.4 Å². The number of methoxy groups -OCH3 is 1. The highest BCUT2D eigenvalue weighted by Crippen LogP contribution is 2.28. The molecule has 1 aromatic carbocycles. The van der Waals surface area contributed by atoms with Crippen LogP contribution in [0.2, 0.25) is 0 Å². The minimum Gasteiger partial charge on any atom is -0.496 e. The standard InChI is InChI=1S/C14H16BrNO4/c1-3-4-5-12(17)16-13(14(18)19)9-6-7-11(20-2)10(15)8-9/h3,6-8,13H,1,4-5H2,2H3,(H,16,17)(H,18,19). The van der Waals surface area contributed by atoms with Crippen LogP contribution in [0.25, 0.3) is 0 Å². The largest absolute Gasteiger partial charge is 0.496 e. The molecule has 108 valence electrons. The average Bonchev–Trinajstić information content (AvgIpc) is 2.42. The van der Waals surface area contributed by atoms with E-state index in [1.807, 2.05) is 0 Å². The van der Waals surface area contributed by atoms with Gasteiger partial charge in [-0.05, 0) is 40.0 Å². The highest BCUT2D eigenvalue weighted by molar-refractivity contribution is 9.10. The molecule has 20 heavy (non-hydrogen) atoms. The molecular formula is C14H16BrNO4. The zero-order chi connectivity index (χ0) is 15.1. The van der Waals surface area contributed by atoms with Gasteiger partial charge in [-0.15, -0.1) is 6.58 Å². The van der Waals surface area contributed by atoms with E-state index in [1.165, 1.54) is 7.11 Å². The number of carbonyl (C=O) groups excluding carboxylic acids is 1. The lowest BCUT2D eigenvalue weighted by Crippen LogP contribution is -2.33. The van der Waals surface area contributed by atoms with Crippen molar-refractivity contribution in [3.8, 4) is 5.75 Å². The maximum atomic E-state index is 11.6. The molecule has 0 spiro atoms. The summed E-state index contributed by atoms with van der Waals surface area (Å²) in [7, 11) is 1.52. The van der Waals surface area contributed by atoms with E-state index < -0.39 is 12.0 Å². The van der Waals surface area contributed by atoms with E-state index in [1.54, 1.807) is 24.3 Å². The number of nitrogens with one attached hydrogen (secondary N) is 1. The molecule has 0 heterocycles. The van der Waals surface area contributed by atoms with Crippen LogP contribution in [0.15, 0.2) is 35.3 Å². The van der Waals surface area contributed by atoms with Gasteiger partial charge in [0, 0.05) is 6.42 Å². The zero-order valence-corrected chi connectivity index (χ0v) is 12.6. The number of amides is 1. The maximum absolute atomic E-state index is 11.6. The summed E-state index contributed by atoms with van der Waals surface area (Å²) in [6.07, 6.45) is 2.33. The molecule has 0 bridgehead atoms.